The van der Waals surface area contributed by atoms with Gasteiger partial charge >= 0.3 is 0 Å². The first-order chi connectivity index (χ1) is 29.8. The van der Waals surface area contributed by atoms with Gasteiger partial charge in [-0.3, -0.25) is 0 Å². The van der Waals surface area contributed by atoms with Crippen molar-refractivity contribution in [1.29, 1.82) is 0 Å². The summed E-state index contributed by atoms with van der Waals surface area (Å²) >= 11 is 0. The van der Waals surface area contributed by atoms with Crippen molar-refractivity contribution in [2.75, 3.05) is 4.90 Å². The highest BCUT2D eigenvalue weighted by molar-refractivity contribution is 5.98. The van der Waals surface area contributed by atoms with Gasteiger partial charge in [0.1, 0.15) is 0 Å². The maximum atomic E-state index is 2.54. The predicted octanol–water partition coefficient (Wildman–Crippen LogP) is 15.8. The largest absolute Gasteiger partial charge is 0.310 e. The second-order valence-electron chi connectivity index (χ2n) is 17.8. The minimum atomic E-state index is -0.461. The van der Waals surface area contributed by atoms with E-state index in [0.717, 1.165) is 17.1 Å². The van der Waals surface area contributed by atoms with Crippen LogP contribution in [0.2, 0.25) is 0 Å². The number of rotatable bonds is 5. The third kappa shape index (κ3) is 5.07. The van der Waals surface area contributed by atoms with Crippen LogP contribution in [0.3, 0.4) is 0 Å². The molecule has 0 fully saturated rings. The van der Waals surface area contributed by atoms with E-state index in [1.807, 2.05) is 0 Å². The van der Waals surface area contributed by atoms with Crippen molar-refractivity contribution in [2.24, 2.45) is 0 Å². The molecule has 1 nitrogen and oxygen atoms in total. The Morgan fingerprint density at radius 1 is 0.311 bits per heavy atom. The molecule has 12 rings (SSSR count). The number of anilines is 3. The van der Waals surface area contributed by atoms with Crippen LogP contribution in [-0.4, -0.2) is 0 Å². The van der Waals surface area contributed by atoms with E-state index in [2.05, 4.69) is 233 Å². The van der Waals surface area contributed by atoms with Gasteiger partial charge in [-0.1, -0.05) is 189 Å². The van der Waals surface area contributed by atoms with Gasteiger partial charge in [0.05, 0.1) is 11.1 Å². The average Bonchev–Trinajstić information content (AvgIpc) is 3.84. The number of fused-ring (bicyclic) bond motifs is 13. The lowest BCUT2D eigenvalue weighted by atomic mass is 9.70. The lowest BCUT2D eigenvalue weighted by molar-refractivity contribution is 0.660. The van der Waals surface area contributed by atoms with Gasteiger partial charge in [-0.05, 0) is 134 Å². The summed E-state index contributed by atoms with van der Waals surface area (Å²) in [6, 6.07) is 75.5. The van der Waals surface area contributed by atoms with Gasteiger partial charge in [-0.15, -0.1) is 0 Å². The molecule has 1 heteroatoms. The lowest BCUT2D eigenvalue weighted by Crippen LogP contribution is -2.26. The van der Waals surface area contributed by atoms with Gasteiger partial charge in [0.15, 0.2) is 0 Å². The molecule has 0 radical (unpaired) electrons. The van der Waals surface area contributed by atoms with Crippen LogP contribution in [0, 0.1) is 13.8 Å². The quantitative estimate of drug-likeness (QED) is 0.168. The Bertz CT molecular complexity index is 3190. The molecule has 1 spiro atoms. The molecule has 0 saturated heterocycles. The van der Waals surface area contributed by atoms with E-state index in [9.17, 15) is 0 Å². The summed E-state index contributed by atoms with van der Waals surface area (Å²) in [5.41, 5.74) is 26.2. The smallest absolute Gasteiger partial charge is 0.0726 e. The third-order valence-corrected chi connectivity index (χ3v) is 14.0. The summed E-state index contributed by atoms with van der Waals surface area (Å²) in [6.07, 6.45) is 0. The van der Waals surface area contributed by atoms with Crippen molar-refractivity contribution in [3.05, 3.63) is 245 Å². The van der Waals surface area contributed by atoms with E-state index in [0.29, 0.717) is 0 Å². The van der Waals surface area contributed by atoms with Gasteiger partial charge in [0.2, 0.25) is 0 Å². The lowest BCUT2D eigenvalue weighted by Gasteiger charge is -2.33. The second kappa shape index (κ2) is 13.1. The number of nitrogens with zero attached hydrogens (tertiary/aromatic N) is 1. The molecule has 9 aromatic carbocycles. The van der Waals surface area contributed by atoms with Crippen molar-refractivity contribution in [1.82, 2.24) is 0 Å². The molecule has 0 heterocycles. The summed E-state index contributed by atoms with van der Waals surface area (Å²) < 4.78 is 0. The van der Waals surface area contributed by atoms with Crippen LogP contribution in [0.15, 0.2) is 200 Å². The van der Waals surface area contributed by atoms with Crippen molar-refractivity contribution in [3.8, 4) is 55.6 Å². The van der Waals surface area contributed by atoms with Crippen LogP contribution in [0.4, 0.5) is 17.1 Å². The van der Waals surface area contributed by atoms with E-state index in [1.165, 1.54) is 100 Å². The fourth-order valence-corrected chi connectivity index (χ4v) is 11.2. The Morgan fingerprint density at radius 3 is 1.39 bits per heavy atom. The fourth-order valence-electron chi connectivity index (χ4n) is 11.2. The molecule has 3 aliphatic carbocycles. The number of aryl methyl sites for hydroxylation is 2. The van der Waals surface area contributed by atoms with Gasteiger partial charge in [0.25, 0.3) is 0 Å². The zero-order chi connectivity index (χ0) is 41.0. The van der Waals surface area contributed by atoms with Crippen LogP contribution >= 0.6 is 0 Å². The molecule has 290 valence electrons. The summed E-state index contributed by atoms with van der Waals surface area (Å²) in [7, 11) is 0. The summed E-state index contributed by atoms with van der Waals surface area (Å²) in [5.74, 6) is 0. The highest BCUT2D eigenvalue weighted by Gasteiger charge is 2.52. The van der Waals surface area contributed by atoms with Crippen molar-refractivity contribution < 1.29 is 0 Å². The van der Waals surface area contributed by atoms with Gasteiger partial charge < -0.3 is 4.90 Å². The first-order valence-corrected chi connectivity index (χ1v) is 21.6. The molecule has 61 heavy (non-hydrogen) atoms. The zero-order valence-electron chi connectivity index (χ0n) is 35.0. The SMILES string of the molecule is Cc1ccc2c(c1)C1(c3ccccc3-c3ccc(N(c4ccc5c(c4)C(C)(C)c4ccccc4-5)c4ccc(-c5ccccc5)cc4-c4ccccc4)cc31)c1cc(C)ccc1-2. The molecule has 0 bridgehead atoms. The standard InChI is InChI=1S/C60H45N/c1-38-23-28-48-49-29-24-39(2)34-56(49)60(55(48)33-38)53-22-14-12-20-46(53)50-31-27-44(37-57(50)60)61(43-26-30-47-45-19-11-13-21-52(45)59(3,4)54(47)36-43)58-32-25-42(40-15-7-5-8-16-40)35-51(58)41-17-9-6-10-18-41/h5-37H,1-4H3. The Hall–Kier alpha value is -7.22. The van der Waals surface area contributed by atoms with Gasteiger partial charge in [-0.2, -0.15) is 0 Å². The molecule has 0 aromatic heterocycles. The molecule has 0 unspecified atom stereocenters. The van der Waals surface area contributed by atoms with Gasteiger partial charge in [0, 0.05) is 22.4 Å². The van der Waals surface area contributed by atoms with Crippen LogP contribution in [0.1, 0.15) is 58.4 Å². The first-order valence-electron chi connectivity index (χ1n) is 21.6. The molecule has 9 aromatic rings. The van der Waals surface area contributed by atoms with Crippen LogP contribution in [-0.2, 0) is 10.8 Å². The van der Waals surface area contributed by atoms with Gasteiger partial charge in [-0.25, -0.2) is 0 Å². The average molecular weight is 780 g/mol. The topological polar surface area (TPSA) is 3.24 Å². The monoisotopic (exact) mass is 779 g/mol. The number of hydrogen-bond acceptors (Lipinski definition) is 1. The Kier molecular flexibility index (Phi) is 7.69. The maximum Gasteiger partial charge on any atom is 0.0726 e. The number of benzene rings is 9. The Morgan fingerprint density at radius 2 is 0.770 bits per heavy atom. The Labute approximate surface area is 359 Å². The van der Waals surface area contributed by atoms with Crippen LogP contribution in [0.25, 0.3) is 55.6 Å². The normalized spacial score (nSPS) is 14.2. The first kappa shape index (κ1) is 35.7. The number of hydrogen-bond donors (Lipinski definition) is 0. The molecular formula is C60H45N. The van der Waals surface area contributed by atoms with E-state index >= 15 is 0 Å². The van der Waals surface area contributed by atoms with Crippen LogP contribution < -0.4 is 4.90 Å². The third-order valence-electron chi connectivity index (χ3n) is 14.0. The predicted molar refractivity (Wildman–Crippen MR) is 255 cm³/mol. The van der Waals surface area contributed by atoms with Crippen molar-refractivity contribution in [3.63, 3.8) is 0 Å². The highest BCUT2D eigenvalue weighted by atomic mass is 15.1. The molecule has 0 amide bonds. The fraction of sp³-hybridized carbons (Fsp3) is 0.100. The highest BCUT2D eigenvalue weighted by Crippen LogP contribution is 2.64. The molecule has 0 N–H and O–H groups in total. The summed E-state index contributed by atoms with van der Waals surface area (Å²) in [6.45, 7) is 9.23. The van der Waals surface area contributed by atoms with E-state index in [1.54, 1.807) is 0 Å². The van der Waals surface area contributed by atoms with E-state index in [4.69, 9.17) is 0 Å². The van der Waals surface area contributed by atoms with Crippen molar-refractivity contribution in [2.45, 2.75) is 38.5 Å². The van der Waals surface area contributed by atoms with Crippen LogP contribution in [0.5, 0.6) is 0 Å². The molecule has 0 atom stereocenters. The minimum Gasteiger partial charge on any atom is -0.310 e. The summed E-state index contributed by atoms with van der Waals surface area (Å²) in [4.78, 5) is 2.54. The second-order valence-corrected chi connectivity index (χ2v) is 17.8. The van der Waals surface area contributed by atoms with E-state index < -0.39 is 5.41 Å². The Balaban J connectivity index is 1.15. The maximum absolute atomic E-state index is 2.54. The van der Waals surface area contributed by atoms with E-state index in [-0.39, 0.29) is 5.41 Å². The minimum absolute atomic E-state index is 0.149. The zero-order valence-corrected chi connectivity index (χ0v) is 35.0. The molecule has 0 saturated carbocycles. The molecule has 3 aliphatic rings. The molecule has 0 aliphatic heterocycles. The van der Waals surface area contributed by atoms with Crippen molar-refractivity contribution >= 4 is 17.1 Å². The molecular weight excluding hydrogens is 735 g/mol. The summed E-state index contributed by atoms with van der Waals surface area (Å²) in [5, 5.41) is 0.